The number of hydrogen-bond acceptors (Lipinski definition) is 3. The van der Waals surface area contributed by atoms with Gasteiger partial charge in [-0.3, -0.25) is 0 Å². The summed E-state index contributed by atoms with van der Waals surface area (Å²) in [6, 6.07) is 9.64. The molecule has 1 heterocycles. The van der Waals surface area contributed by atoms with Crippen LogP contribution < -0.4 is 10.5 Å². The number of hydrogen-bond donors (Lipinski definition) is 1. The molecule has 2 N–H and O–H groups in total. The Balaban J connectivity index is 2.07. The fourth-order valence-electron chi connectivity index (χ4n) is 1.52. The average Bonchev–Trinajstić information content (AvgIpc) is 2.28. The third-order valence-electron chi connectivity index (χ3n) is 2.38. The number of nitrogen functional groups attached to an aromatic ring is 1. The van der Waals surface area contributed by atoms with Gasteiger partial charge in [-0.15, -0.1) is 0 Å². The molecule has 1 aromatic heterocycles. The second-order valence-corrected chi connectivity index (χ2v) is 4.70. The Morgan fingerprint density at radius 3 is 2.82 bits per heavy atom. The Bertz CT molecular complexity index is 529. The van der Waals surface area contributed by atoms with E-state index in [1.54, 1.807) is 6.20 Å². The van der Waals surface area contributed by atoms with E-state index in [1.807, 2.05) is 37.3 Å². The minimum atomic E-state index is 0.495. The van der Waals surface area contributed by atoms with Crippen molar-refractivity contribution in [2.24, 2.45) is 0 Å². The lowest BCUT2D eigenvalue weighted by molar-refractivity contribution is 0.304. The molecule has 0 fully saturated rings. The number of nitrogens with zero attached hydrogens (tertiary/aromatic N) is 1. The van der Waals surface area contributed by atoms with Crippen LogP contribution in [0.2, 0.25) is 0 Å². The van der Waals surface area contributed by atoms with E-state index in [1.165, 1.54) is 0 Å². The molecular formula is C13H13BrN2O. The van der Waals surface area contributed by atoms with Gasteiger partial charge in [-0.25, -0.2) is 4.98 Å². The zero-order valence-electron chi connectivity index (χ0n) is 9.48. The smallest absolute Gasteiger partial charge is 0.123 e. The van der Waals surface area contributed by atoms with E-state index in [2.05, 4.69) is 20.9 Å². The lowest BCUT2D eigenvalue weighted by atomic mass is 10.2. The quantitative estimate of drug-likeness (QED) is 0.944. The monoisotopic (exact) mass is 292 g/mol. The molecule has 0 saturated heterocycles. The van der Waals surface area contributed by atoms with Gasteiger partial charge in [-0.2, -0.15) is 0 Å². The number of nitrogens with two attached hydrogens (primary N) is 1. The zero-order valence-corrected chi connectivity index (χ0v) is 11.1. The van der Waals surface area contributed by atoms with Gasteiger partial charge in [0.25, 0.3) is 0 Å². The highest BCUT2D eigenvalue weighted by Gasteiger charge is 2.01. The number of ether oxygens (including phenoxy) is 1. The van der Waals surface area contributed by atoms with Crippen LogP contribution in [0.4, 0.5) is 5.82 Å². The summed E-state index contributed by atoms with van der Waals surface area (Å²) >= 11 is 3.42. The number of halogens is 1. The van der Waals surface area contributed by atoms with E-state index in [-0.39, 0.29) is 0 Å². The molecule has 0 aliphatic rings. The first-order chi connectivity index (χ1) is 8.15. The highest BCUT2D eigenvalue weighted by molar-refractivity contribution is 9.10. The predicted octanol–water partition coefficient (Wildman–Crippen LogP) is 3.31. The molecule has 0 spiro atoms. The SMILES string of the molecule is Cc1cc(Br)ccc1OCc1ccnc(N)c1. The van der Waals surface area contributed by atoms with E-state index in [9.17, 15) is 0 Å². The molecule has 0 aliphatic carbocycles. The van der Waals surface area contributed by atoms with Crippen molar-refractivity contribution in [2.45, 2.75) is 13.5 Å². The molecule has 0 unspecified atom stereocenters. The summed E-state index contributed by atoms with van der Waals surface area (Å²) in [5.74, 6) is 1.39. The van der Waals surface area contributed by atoms with Crippen LogP contribution in [0.15, 0.2) is 41.0 Å². The fourth-order valence-corrected chi connectivity index (χ4v) is 2.00. The van der Waals surface area contributed by atoms with Crippen LogP contribution in [0, 0.1) is 6.92 Å². The number of aromatic nitrogens is 1. The minimum absolute atomic E-state index is 0.495. The van der Waals surface area contributed by atoms with Crippen LogP contribution in [-0.2, 0) is 6.61 Å². The van der Waals surface area contributed by atoms with E-state index in [4.69, 9.17) is 10.5 Å². The van der Waals surface area contributed by atoms with Crippen LogP contribution in [-0.4, -0.2) is 4.98 Å². The van der Waals surface area contributed by atoms with Crippen LogP contribution in [0.5, 0.6) is 5.75 Å². The van der Waals surface area contributed by atoms with Crippen molar-refractivity contribution < 1.29 is 4.74 Å². The van der Waals surface area contributed by atoms with Gasteiger partial charge in [0.05, 0.1) is 0 Å². The molecular weight excluding hydrogens is 280 g/mol. The molecule has 0 aliphatic heterocycles. The highest BCUT2D eigenvalue weighted by atomic mass is 79.9. The Kier molecular flexibility index (Phi) is 3.64. The molecule has 17 heavy (non-hydrogen) atoms. The largest absolute Gasteiger partial charge is 0.489 e. The maximum absolute atomic E-state index is 5.73. The average molecular weight is 293 g/mol. The van der Waals surface area contributed by atoms with E-state index in [0.29, 0.717) is 12.4 Å². The van der Waals surface area contributed by atoms with Gasteiger partial charge in [0.15, 0.2) is 0 Å². The predicted molar refractivity (Wildman–Crippen MR) is 71.9 cm³/mol. The summed E-state index contributed by atoms with van der Waals surface area (Å²) in [5.41, 5.74) is 7.72. The summed E-state index contributed by atoms with van der Waals surface area (Å²) in [6.45, 7) is 2.51. The van der Waals surface area contributed by atoms with Gasteiger partial charge in [-0.05, 0) is 48.4 Å². The molecule has 1 aromatic carbocycles. The van der Waals surface area contributed by atoms with Crippen molar-refractivity contribution >= 4 is 21.7 Å². The van der Waals surface area contributed by atoms with Crippen LogP contribution >= 0.6 is 15.9 Å². The molecule has 0 amide bonds. The maximum atomic E-state index is 5.73. The van der Waals surface area contributed by atoms with Gasteiger partial charge >= 0.3 is 0 Å². The van der Waals surface area contributed by atoms with E-state index in [0.717, 1.165) is 21.3 Å². The van der Waals surface area contributed by atoms with Crippen molar-refractivity contribution in [1.29, 1.82) is 0 Å². The van der Waals surface area contributed by atoms with Crippen LogP contribution in [0.1, 0.15) is 11.1 Å². The molecule has 4 heteroatoms. The van der Waals surface area contributed by atoms with Gasteiger partial charge < -0.3 is 10.5 Å². The molecule has 0 saturated carbocycles. The molecule has 0 radical (unpaired) electrons. The standard InChI is InChI=1S/C13H13BrN2O/c1-9-6-11(14)2-3-12(9)17-8-10-4-5-16-13(15)7-10/h2-7H,8H2,1H3,(H2,15,16). The van der Waals surface area contributed by atoms with E-state index < -0.39 is 0 Å². The molecule has 88 valence electrons. The van der Waals surface area contributed by atoms with Crippen molar-refractivity contribution in [2.75, 3.05) is 5.73 Å². The van der Waals surface area contributed by atoms with Gasteiger partial charge in [0, 0.05) is 10.7 Å². The van der Waals surface area contributed by atoms with Crippen molar-refractivity contribution in [3.8, 4) is 5.75 Å². The first-order valence-electron chi connectivity index (χ1n) is 5.24. The van der Waals surface area contributed by atoms with Crippen molar-refractivity contribution in [3.05, 3.63) is 52.1 Å². The van der Waals surface area contributed by atoms with Crippen molar-refractivity contribution in [1.82, 2.24) is 4.98 Å². The van der Waals surface area contributed by atoms with Crippen LogP contribution in [0.3, 0.4) is 0 Å². The summed E-state index contributed by atoms with van der Waals surface area (Å²) in [7, 11) is 0. The summed E-state index contributed by atoms with van der Waals surface area (Å²) in [4.78, 5) is 3.94. The molecule has 0 atom stereocenters. The number of anilines is 1. The zero-order chi connectivity index (χ0) is 12.3. The van der Waals surface area contributed by atoms with Crippen LogP contribution in [0.25, 0.3) is 0 Å². The molecule has 2 rings (SSSR count). The van der Waals surface area contributed by atoms with E-state index >= 15 is 0 Å². The highest BCUT2D eigenvalue weighted by Crippen LogP contribution is 2.23. The maximum Gasteiger partial charge on any atom is 0.123 e. The normalized spacial score (nSPS) is 10.2. The Morgan fingerprint density at radius 1 is 1.29 bits per heavy atom. The topological polar surface area (TPSA) is 48.1 Å². The minimum Gasteiger partial charge on any atom is -0.489 e. The number of aryl methyl sites for hydroxylation is 1. The van der Waals surface area contributed by atoms with Gasteiger partial charge in [0.2, 0.25) is 0 Å². The first kappa shape index (κ1) is 11.9. The Morgan fingerprint density at radius 2 is 2.12 bits per heavy atom. The third kappa shape index (κ3) is 3.20. The first-order valence-corrected chi connectivity index (χ1v) is 6.04. The summed E-state index contributed by atoms with van der Waals surface area (Å²) < 4.78 is 6.78. The second kappa shape index (κ2) is 5.19. The summed E-state index contributed by atoms with van der Waals surface area (Å²) in [6.07, 6.45) is 1.68. The van der Waals surface area contributed by atoms with Gasteiger partial charge in [-0.1, -0.05) is 15.9 Å². The van der Waals surface area contributed by atoms with Gasteiger partial charge in [0.1, 0.15) is 18.2 Å². The number of pyridine rings is 1. The second-order valence-electron chi connectivity index (χ2n) is 3.79. The van der Waals surface area contributed by atoms with Crippen molar-refractivity contribution in [3.63, 3.8) is 0 Å². The Labute approximate surface area is 109 Å². The number of benzene rings is 1. The lowest BCUT2D eigenvalue weighted by Gasteiger charge is -2.09. The molecule has 3 nitrogen and oxygen atoms in total. The fraction of sp³-hybridized carbons (Fsp3) is 0.154. The third-order valence-corrected chi connectivity index (χ3v) is 2.87. The molecule has 0 bridgehead atoms. The molecule has 2 aromatic rings. The summed E-state index contributed by atoms with van der Waals surface area (Å²) in [5, 5.41) is 0. The number of rotatable bonds is 3. The lowest BCUT2D eigenvalue weighted by Crippen LogP contribution is -1.99. The Hall–Kier alpha value is -1.55.